The summed E-state index contributed by atoms with van der Waals surface area (Å²) in [6, 6.07) is 3.97. The summed E-state index contributed by atoms with van der Waals surface area (Å²) in [4.78, 5) is 15.3. The predicted octanol–water partition coefficient (Wildman–Crippen LogP) is 5.76. The Morgan fingerprint density at radius 3 is 2.22 bits per heavy atom. The van der Waals surface area contributed by atoms with E-state index in [2.05, 4.69) is 26.8 Å². The summed E-state index contributed by atoms with van der Waals surface area (Å²) in [6.07, 6.45) is 10.3. The van der Waals surface area contributed by atoms with E-state index in [4.69, 9.17) is 4.74 Å². The maximum Gasteiger partial charge on any atom is 0.303 e. The van der Waals surface area contributed by atoms with Crippen LogP contribution in [0.5, 0.6) is 0 Å². The summed E-state index contributed by atoms with van der Waals surface area (Å²) in [5, 5.41) is 9.43. The standard InChI is InChI=1S/C37H54N2O12S3/c1-6-38(19-9-21-52(42,43)44)26-14-16-29-30(36(2,3)4)24-27(51-33(29)23-26)11-7-12-34-37(5,18-8-13-35(40)41)31-25-28(54(48,49)50)15-17-32(31)39(34)20-10-22-53(45,46)47/h14-17,23-25,33-34H,6-13,18-22H2,1-5H3,(H,40,41)(H,42,43,44)(H,45,46,47)(H,48,49,50). The number of carbonyl (C=O) groups is 1. The van der Waals surface area contributed by atoms with Gasteiger partial charge >= 0.3 is 5.97 Å². The zero-order valence-electron chi connectivity index (χ0n) is 31.6. The lowest BCUT2D eigenvalue weighted by molar-refractivity contribution is -0.137. The molecule has 17 heteroatoms. The fraction of sp³-hybridized carbons (Fsp3) is 0.595. The Hall–Kier alpha value is -3.22. The summed E-state index contributed by atoms with van der Waals surface area (Å²) in [6.45, 7) is 11.5. The topological polar surface area (TPSA) is 216 Å². The predicted molar refractivity (Wildman–Crippen MR) is 206 cm³/mol. The molecule has 0 saturated heterocycles. The van der Waals surface area contributed by atoms with Crippen LogP contribution in [0.25, 0.3) is 0 Å². The summed E-state index contributed by atoms with van der Waals surface area (Å²) in [5.41, 5.74) is 3.25. The largest absolute Gasteiger partial charge is 0.486 e. The molecule has 0 amide bonds. The molecule has 1 aromatic rings. The molecule has 302 valence electrons. The summed E-state index contributed by atoms with van der Waals surface area (Å²) >= 11 is 0. The van der Waals surface area contributed by atoms with Gasteiger partial charge in [0.1, 0.15) is 6.10 Å². The highest BCUT2D eigenvalue weighted by Crippen LogP contribution is 2.51. The van der Waals surface area contributed by atoms with E-state index in [0.717, 1.165) is 22.6 Å². The van der Waals surface area contributed by atoms with Gasteiger partial charge in [0.2, 0.25) is 0 Å². The SMILES string of the molecule is CCN(CCCS(=O)(=O)O)C1=CC2OC(CCCC3N(CCCS(=O)(=O)O)c4ccc(S(=O)(=O)O)cc4C3(C)CCCC(=O)O)=CC(C(C)(C)C)=C2C=C1. The Kier molecular flexibility index (Phi) is 13.6. The first-order chi connectivity index (χ1) is 24.9. The quantitative estimate of drug-likeness (QED) is 0.122. The number of rotatable bonds is 19. The molecule has 14 nitrogen and oxygen atoms in total. The molecule has 0 fully saturated rings. The van der Waals surface area contributed by atoms with Gasteiger partial charge in [0, 0.05) is 60.9 Å². The molecule has 4 rings (SSSR count). The second-order valence-corrected chi connectivity index (χ2v) is 20.0. The average molecular weight is 815 g/mol. The van der Waals surface area contributed by atoms with Crippen molar-refractivity contribution in [1.29, 1.82) is 0 Å². The number of likely N-dealkylation sites (N-methyl/N-ethyl adjacent to an activating group) is 1. The Bertz CT molecular complexity index is 2030. The van der Waals surface area contributed by atoms with Gasteiger partial charge in [-0.25, -0.2) is 0 Å². The number of hydrogen-bond donors (Lipinski definition) is 4. The van der Waals surface area contributed by atoms with Crippen molar-refractivity contribution in [3.05, 3.63) is 70.7 Å². The lowest BCUT2D eigenvalue weighted by atomic mass is 9.73. The molecule has 2 heterocycles. The molecule has 54 heavy (non-hydrogen) atoms. The second-order valence-electron chi connectivity index (χ2n) is 15.5. The molecule has 0 aromatic heterocycles. The number of carboxylic acids is 1. The van der Waals surface area contributed by atoms with E-state index in [9.17, 15) is 48.8 Å². The lowest BCUT2D eigenvalue weighted by Gasteiger charge is -2.38. The van der Waals surface area contributed by atoms with Crippen LogP contribution in [-0.2, 0) is 45.3 Å². The third kappa shape index (κ3) is 11.2. The molecule has 1 aliphatic carbocycles. The smallest absolute Gasteiger partial charge is 0.303 e. The molecule has 3 aliphatic rings. The zero-order valence-corrected chi connectivity index (χ0v) is 34.0. The summed E-state index contributed by atoms with van der Waals surface area (Å²) in [5.74, 6) is -1.03. The zero-order chi connectivity index (χ0) is 40.3. The molecule has 0 spiro atoms. The van der Waals surface area contributed by atoms with E-state index < -0.39 is 53.6 Å². The monoisotopic (exact) mass is 814 g/mol. The van der Waals surface area contributed by atoms with Crippen molar-refractivity contribution in [2.45, 2.75) is 108 Å². The molecule has 1 aromatic carbocycles. The molecule has 0 radical (unpaired) electrons. The van der Waals surface area contributed by atoms with Crippen molar-refractivity contribution in [3.63, 3.8) is 0 Å². The van der Waals surface area contributed by atoms with Crippen molar-refractivity contribution in [1.82, 2.24) is 4.90 Å². The molecule has 3 unspecified atom stereocenters. The molecular formula is C37H54N2O12S3. The van der Waals surface area contributed by atoms with E-state index in [-0.39, 0.29) is 47.9 Å². The first-order valence-corrected chi connectivity index (χ1v) is 22.9. The fourth-order valence-corrected chi connectivity index (χ4v) is 9.37. The van der Waals surface area contributed by atoms with E-state index in [1.54, 1.807) is 6.07 Å². The normalized spacial score (nSPS) is 21.7. The van der Waals surface area contributed by atoms with Gasteiger partial charge in [0.25, 0.3) is 30.4 Å². The van der Waals surface area contributed by atoms with Crippen LogP contribution in [0.15, 0.2) is 70.0 Å². The molecule has 3 atom stereocenters. The van der Waals surface area contributed by atoms with Gasteiger partial charge < -0.3 is 19.6 Å². The minimum Gasteiger partial charge on any atom is -0.486 e. The second kappa shape index (κ2) is 16.9. The minimum absolute atomic E-state index is 0.0886. The summed E-state index contributed by atoms with van der Waals surface area (Å²) < 4.78 is 105. The van der Waals surface area contributed by atoms with Crippen molar-refractivity contribution in [3.8, 4) is 0 Å². The number of aliphatic carboxylic acids is 1. The van der Waals surface area contributed by atoms with E-state index in [1.807, 2.05) is 41.9 Å². The summed E-state index contributed by atoms with van der Waals surface area (Å²) in [7, 11) is -12.9. The molecule has 0 saturated carbocycles. The highest BCUT2D eigenvalue weighted by Gasteiger charge is 2.47. The highest BCUT2D eigenvalue weighted by molar-refractivity contribution is 7.86. The number of fused-ring (bicyclic) bond motifs is 2. The van der Waals surface area contributed by atoms with Gasteiger partial charge in [-0.1, -0.05) is 33.8 Å². The van der Waals surface area contributed by atoms with Crippen LogP contribution >= 0.6 is 0 Å². The van der Waals surface area contributed by atoms with Gasteiger partial charge in [-0.3, -0.25) is 18.5 Å². The van der Waals surface area contributed by atoms with Crippen molar-refractivity contribution >= 4 is 42.0 Å². The van der Waals surface area contributed by atoms with Gasteiger partial charge in [-0.2, -0.15) is 25.3 Å². The van der Waals surface area contributed by atoms with Gasteiger partial charge in [-0.05, 0) is 98.4 Å². The first-order valence-electron chi connectivity index (χ1n) is 18.2. The minimum atomic E-state index is -4.56. The fourth-order valence-electron chi connectivity index (χ4n) is 7.87. The van der Waals surface area contributed by atoms with Crippen LogP contribution in [0.3, 0.4) is 0 Å². The third-order valence-electron chi connectivity index (χ3n) is 10.4. The lowest BCUT2D eigenvalue weighted by Crippen LogP contribution is -2.44. The Labute approximate surface area is 319 Å². The number of allylic oxidation sites excluding steroid dienone is 4. The number of hydrogen-bond acceptors (Lipinski definition) is 10. The molecule has 0 bridgehead atoms. The van der Waals surface area contributed by atoms with Crippen LogP contribution < -0.4 is 4.90 Å². The van der Waals surface area contributed by atoms with Crippen LogP contribution in [0.1, 0.15) is 91.5 Å². The highest BCUT2D eigenvalue weighted by atomic mass is 32.2. The van der Waals surface area contributed by atoms with E-state index >= 15 is 0 Å². The maximum atomic E-state index is 12.2. The van der Waals surface area contributed by atoms with Crippen molar-refractivity contribution in [2.75, 3.05) is 36.0 Å². The number of benzene rings is 1. The number of carboxylic acid groups (broad SMARTS) is 1. The van der Waals surface area contributed by atoms with E-state index in [1.165, 1.54) is 12.1 Å². The Balaban J connectivity index is 1.63. The average Bonchev–Trinajstić information content (AvgIpc) is 3.26. The van der Waals surface area contributed by atoms with Gasteiger partial charge in [-0.15, -0.1) is 0 Å². The van der Waals surface area contributed by atoms with Gasteiger partial charge in [0.15, 0.2) is 0 Å². The molecular weight excluding hydrogens is 761 g/mol. The Morgan fingerprint density at radius 2 is 1.63 bits per heavy atom. The number of nitrogens with zero attached hydrogens (tertiary/aromatic N) is 2. The first kappa shape index (κ1) is 43.5. The third-order valence-corrected chi connectivity index (χ3v) is 12.9. The maximum absolute atomic E-state index is 12.2. The van der Waals surface area contributed by atoms with Crippen LogP contribution in [0.4, 0.5) is 5.69 Å². The molecule has 4 N–H and O–H groups in total. The van der Waals surface area contributed by atoms with E-state index in [0.29, 0.717) is 56.4 Å². The van der Waals surface area contributed by atoms with Gasteiger partial charge in [0.05, 0.1) is 22.2 Å². The van der Waals surface area contributed by atoms with Crippen LogP contribution in [-0.4, -0.2) is 98.2 Å². The molecule has 2 aliphatic heterocycles. The van der Waals surface area contributed by atoms with Crippen LogP contribution in [0.2, 0.25) is 0 Å². The number of ether oxygens (including phenoxy) is 1. The number of anilines is 1. The van der Waals surface area contributed by atoms with Crippen molar-refractivity contribution < 1.29 is 53.5 Å². The van der Waals surface area contributed by atoms with Crippen molar-refractivity contribution in [2.24, 2.45) is 5.41 Å². The van der Waals surface area contributed by atoms with Crippen LogP contribution in [0, 0.1) is 5.41 Å². The Morgan fingerprint density at radius 1 is 0.963 bits per heavy atom.